The van der Waals surface area contributed by atoms with Gasteiger partial charge in [-0.2, -0.15) is 5.26 Å². The number of piperidine rings is 1. The summed E-state index contributed by atoms with van der Waals surface area (Å²) < 4.78 is 0. The first-order valence-electron chi connectivity index (χ1n) is 6.48. The van der Waals surface area contributed by atoms with Gasteiger partial charge < -0.3 is 10.2 Å². The Morgan fingerprint density at radius 1 is 1.55 bits per heavy atom. The summed E-state index contributed by atoms with van der Waals surface area (Å²) in [7, 11) is 1.92. The zero-order chi connectivity index (χ0) is 14.8. The smallest absolute Gasteiger partial charge is 0.329 e. The van der Waals surface area contributed by atoms with Gasteiger partial charge in [-0.1, -0.05) is 0 Å². The summed E-state index contributed by atoms with van der Waals surface area (Å²) >= 11 is 0. The van der Waals surface area contributed by atoms with Gasteiger partial charge in [-0.15, -0.1) is 0 Å². The molecule has 20 heavy (non-hydrogen) atoms. The minimum atomic E-state index is -0.521. The number of aromatic nitrogens is 1. The predicted molar refractivity (Wildman–Crippen MR) is 74.5 cm³/mol. The number of nitrogens with one attached hydrogen (secondary N) is 1. The lowest BCUT2D eigenvalue weighted by molar-refractivity contribution is -0.384. The van der Waals surface area contributed by atoms with Gasteiger partial charge in [-0.05, 0) is 32.9 Å². The molecule has 1 aliphatic rings. The van der Waals surface area contributed by atoms with E-state index < -0.39 is 4.92 Å². The molecule has 1 aromatic heterocycles. The molecule has 1 aromatic rings. The van der Waals surface area contributed by atoms with Gasteiger partial charge in [0.15, 0.2) is 0 Å². The summed E-state index contributed by atoms with van der Waals surface area (Å²) in [4.78, 5) is 16.7. The number of nitriles is 1. The van der Waals surface area contributed by atoms with E-state index in [2.05, 4.69) is 17.2 Å². The molecule has 0 amide bonds. The molecule has 1 saturated heterocycles. The van der Waals surface area contributed by atoms with Crippen molar-refractivity contribution in [2.24, 2.45) is 0 Å². The van der Waals surface area contributed by atoms with Gasteiger partial charge in [0.2, 0.25) is 5.82 Å². The molecule has 2 heterocycles. The highest BCUT2D eigenvalue weighted by Crippen LogP contribution is 2.32. The number of nitro groups is 1. The molecular weight excluding hydrogens is 258 g/mol. The van der Waals surface area contributed by atoms with E-state index in [-0.39, 0.29) is 16.8 Å². The lowest BCUT2D eigenvalue weighted by Crippen LogP contribution is -2.50. The number of anilines is 1. The molecule has 0 spiro atoms. The summed E-state index contributed by atoms with van der Waals surface area (Å²) in [5.41, 5.74) is -0.0806. The Balaban J connectivity index is 2.31. The van der Waals surface area contributed by atoms with Crippen LogP contribution in [0, 0.1) is 21.4 Å². The Morgan fingerprint density at radius 3 is 2.70 bits per heavy atom. The third-order valence-electron chi connectivity index (χ3n) is 3.98. The Bertz CT molecular complexity index is 558. The SMILES string of the molecule is CNC1(C)CCN(c2nccc(C#N)c2[N+](=O)[O-])CC1. The average Bonchev–Trinajstić information content (AvgIpc) is 2.47. The lowest BCUT2D eigenvalue weighted by atomic mass is 9.90. The second-order valence-electron chi connectivity index (χ2n) is 5.20. The van der Waals surface area contributed by atoms with Gasteiger partial charge >= 0.3 is 5.69 Å². The minimum absolute atomic E-state index is 0.0537. The molecule has 106 valence electrons. The summed E-state index contributed by atoms with van der Waals surface area (Å²) in [5, 5.41) is 23.5. The van der Waals surface area contributed by atoms with Crippen LogP contribution in [0.5, 0.6) is 0 Å². The molecule has 0 unspecified atom stereocenters. The topological polar surface area (TPSA) is 95.1 Å². The first-order valence-corrected chi connectivity index (χ1v) is 6.48. The van der Waals surface area contributed by atoms with Gasteiger partial charge in [0.1, 0.15) is 11.6 Å². The number of hydrogen-bond acceptors (Lipinski definition) is 6. The molecule has 1 N–H and O–H groups in total. The predicted octanol–water partition coefficient (Wildman–Crippen LogP) is 1.44. The standard InChI is InChI=1S/C13H17N5O2/c1-13(15-2)4-7-17(8-5-13)12-11(18(19)20)10(9-14)3-6-16-12/h3,6,15H,4-5,7-8H2,1-2H3. The van der Waals surface area contributed by atoms with E-state index in [4.69, 9.17) is 5.26 Å². The second kappa shape index (κ2) is 5.43. The lowest BCUT2D eigenvalue weighted by Gasteiger charge is -2.39. The number of pyridine rings is 1. The maximum atomic E-state index is 11.2. The summed E-state index contributed by atoms with van der Waals surface area (Å²) in [6.07, 6.45) is 3.20. The maximum Gasteiger partial charge on any atom is 0.329 e. The van der Waals surface area contributed by atoms with Crippen LogP contribution in [0.2, 0.25) is 0 Å². The molecule has 0 bridgehead atoms. The molecular formula is C13H17N5O2. The van der Waals surface area contributed by atoms with Crippen molar-refractivity contribution in [3.8, 4) is 6.07 Å². The fraction of sp³-hybridized carbons (Fsp3) is 0.538. The van der Waals surface area contributed by atoms with Gasteiger partial charge in [0.25, 0.3) is 0 Å². The van der Waals surface area contributed by atoms with E-state index in [1.54, 1.807) is 0 Å². The van der Waals surface area contributed by atoms with Gasteiger partial charge in [0.05, 0.1) is 4.92 Å². The van der Waals surface area contributed by atoms with Crippen molar-refractivity contribution in [2.45, 2.75) is 25.3 Å². The summed E-state index contributed by atoms with van der Waals surface area (Å²) in [6, 6.07) is 3.24. The van der Waals surface area contributed by atoms with E-state index >= 15 is 0 Å². The summed E-state index contributed by atoms with van der Waals surface area (Å²) in [6.45, 7) is 3.50. The number of rotatable bonds is 3. The van der Waals surface area contributed by atoms with Crippen LogP contribution in [0.1, 0.15) is 25.3 Å². The first kappa shape index (κ1) is 14.2. The van der Waals surface area contributed by atoms with E-state index in [1.165, 1.54) is 12.3 Å². The highest BCUT2D eigenvalue weighted by atomic mass is 16.6. The Hall–Kier alpha value is -2.20. The third kappa shape index (κ3) is 2.56. The van der Waals surface area contributed by atoms with E-state index in [0.29, 0.717) is 18.9 Å². The van der Waals surface area contributed by atoms with Crippen LogP contribution < -0.4 is 10.2 Å². The number of nitrogens with zero attached hydrogens (tertiary/aromatic N) is 4. The van der Waals surface area contributed by atoms with E-state index in [1.807, 2.05) is 18.0 Å². The molecule has 7 heteroatoms. The van der Waals surface area contributed by atoms with Gasteiger partial charge in [0, 0.05) is 24.8 Å². The third-order valence-corrected chi connectivity index (χ3v) is 3.98. The van der Waals surface area contributed by atoms with E-state index in [9.17, 15) is 10.1 Å². The second-order valence-corrected chi connectivity index (χ2v) is 5.20. The summed E-state index contributed by atoms with van der Waals surface area (Å²) in [5.74, 6) is 0.298. The molecule has 0 aliphatic carbocycles. The van der Waals surface area contributed by atoms with Crippen LogP contribution in [0.4, 0.5) is 11.5 Å². The van der Waals surface area contributed by atoms with Gasteiger partial charge in [-0.25, -0.2) is 4.98 Å². The van der Waals surface area contributed by atoms with Crippen LogP contribution in [-0.2, 0) is 0 Å². The van der Waals surface area contributed by atoms with E-state index in [0.717, 1.165) is 12.8 Å². The Morgan fingerprint density at radius 2 is 2.20 bits per heavy atom. The van der Waals surface area contributed by atoms with Crippen molar-refractivity contribution < 1.29 is 4.92 Å². The number of hydrogen-bond donors (Lipinski definition) is 1. The largest absolute Gasteiger partial charge is 0.351 e. The highest BCUT2D eigenvalue weighted by Gasteiger charge is 2.32. The molecule has 0 saturated carbocycles. The molecule has 2 rings (SSSR count). The van der Waals surface area contributed by atoms with Crippen LogP contribution in [0.3, 0.4) is 0 Å². The first-order chi connectivity index (χ1) is 9.50. The highest BCUT2D eigenvalue weighted by molar-refractivity contribution is 5.65. The minimum Gasteiger partial charge on any atom is -0.351 e. The fourth-order valence-electron chi connectivity index (χ4n) is 2.41. The molecule has 0 aromatic carbocycles. The van der Waals surface area contributed by atoms with Crippen LogP contribution in [-0.4, -0.2) is 35.6 Å². The van der Waals surface area contributed by atoms with Crippen molar-refractivity contribution in [3.63, 3.8) is 0 Å². The fourth-order valence-corrected chi connectivity index (χ4v) is 2.41. The van der Waals surface area contributed by atoms with Crippen LogP contribution in [0.15, 0.2) is 12.3 Å². The van der Waals surface area contributed by atoms with Crippen molar-refractivity contribution in [3.05, 3.63) is 27.9 Å². The Labute approximate surface area is 117 Å². The molecule has 1 fully saturated rings. The Kier molecular flexibility index (Phi) is 3.86. The van der Waals surface area contributed by atoms with Crippen LogP contribution in [0.25, 0.3) is 0 Å². The molecule has 7 nitrogen and oxygen atoms in total. The molecule has 0 atom stereocenters. The van der Waals surface area contributed by atoms with Crippen molar-refractivity contribution in [2.75, 3.05) is 25.0 Å². The van der Waals surface area contributed by atoms with Crippen molar-refractivity contribution in [1.29, 1.82) is 5.26 Å². The van der Waals surface area contributed by atoms with Crippen LogP contribution >= 0.6 is 0 Å². The van der Waals surface area contributed by atoms with Crippen molar-refractivity contribution in [1.82, 2.24) is 10.3 Å². The average molecular weight is 275 g/mol. The zero-order valence-corrected chi connectivity index (χ0v) is 11.6. The van der Waals surface area contributed by atoms with Crippen molar-refractivity contribution >= 4 is 11.5 Å². The van der Waals surface area contributed by atoms with Gasteiger partial charge in [-0.3, -0.25) is 10.1 Å². The quantitative estimate of drug-likeness (QED) is 0.662. The molecule has 1 aliphatic heterocycles. The molecule has 0 radical (unpaired) electrons. The normalized spacial score (nSPS) is 17.6. The zero-order valence-electron chi connectivity index (χ0n) is 11.6. The maximum absolute atomic E-state index is 11.2. The monoisotopic (exact) mass is 275 g/mol.